The van der Waals surface area contributed by atoms with Crippen molar-refractivity contribution in [2.24, 2.45) is 17.8 Å². The van der Waals surface area contributed by atoms with Gasteiger partial charge in [-0.25, -0.2) is 0 Å². The molecule has 1 aromatic heterocycles. The Bertz CT molecular complexity index is 779. The maximum absolute atomic E-state index is 12.2. The molecule has 3 atom stereocenters. The van der Waals surface area contributed by atoms with E-state index < -0.39 is 0 Å². The van der Waals surface area contributed by atoms with Crippen LogP contribution in [0.25, 0.3) is 0 Å². The smallest absolute Gasteiger partial charge is 0.306 e. The number of fused-ring (bicyclic) bond motifs is 3. The SMILES string of the molecule is N#Cc1c(NC(=O)COC(=O)CC2CC3CCC2C3)sc2c1CCCCC2. The van der Waals surface area contributed by atoms with Crippen LogP contribution in [-0.2, 0) is 27.2 Å². The number of amides is 1. The predicted octanol–water partition coefficient (Wildman–Crippen LogP) is 4.20. The number of nitriles is 1. The number of nitrogens with one attached hydrogen (secondary N) is 1. The van der Waals surface area contributed by atoms with Crippen molar-refractivity contribution in [1.82, 2.24) is 0 Å². The van der Waals surface area contributed by atoms with Gasteiger partial charge in [-0.3, -0.25) is 9.59 Å². The van der Waals surface area contributed by atoms with Gasteiger partial charge in [0.1, 0.15) is 11.1 Å². The van der Waals surface area contributed by atoms with Crippen LogP contribution in [0.5, 0.6) is 0 Å². The average molecular weight is 387 g/mol. The predicted molar refractivity (Wildman–Crippen MR) is 103 cm³/mol. The van der Waals surface area contributed by atoms with E-state index in [0.29, 0.717) is 28.8 Å². The number of carbonyl (C=O) groups is 2. The number of carbonyl (C=O) groups excluding carboxylic acids is 2. The molecule has 0 radical (unpaired) electrons. The zero-order valence-corrected chi connectivity index (χ0v) is 16.4. The second-order valence-corrected chi connectivity index (χ2v) is 9.33. The number of hydrogen-bond donors (Lipinski definition) is 1. The van der Waals surface area contributed by atoms with Crippen LogP contribution in [-0.4, -0.2) is 18.5 Å². The molecule has 0 spiro atoms. The Balaban J connectivity index is 1.29. The highest BCUT2D eigenvalue weighted by molar-refractivity contribution is 7.16. The lowest BCUT2D eigenvalue weighted by molar-refractivity contribution is -0.148. The van der Waals surface area contributed by atoms with Gasteiger partial charge in [-0.2, -0.15) is 5.26 Å². The van der Waals surface area contributed by atoms with E-state index in [-0.39, 0.29) is 18.5 Å². The van der Waals surface area contributed by atoms with Gasteiger partial charge in [0.25, 0.3) is 5.91 Å². The lowest BCUT2D eigenvalue weighted by Crippen LogP contribution is -2.23. The number of aryl methyl sites for hydroxylation is 1. The van der Waals surface area contributed by atoms with Crippen molar-refractivity contribution >= 4 is 28.2 Å². The maximum Gasteiger partial charge on any atom is 0.306 e. The molecule has 3 unspecified atom stereocenters. The highest BCUT2D eigenvalue weighted by atomic mass is 32.1. The van der Waals surface area contributed by atoms with E-state index in [2.05, 4.69) is 11.4 Å². The topological polar surface area (TPSA) is 79.2 Å². The molecular formula is C21H26N2O3S. The standard InChI is InChI=1S/C21H26N2O3S/c22-11-17-16-4-2-1-3-5-18(16)27-21(17)23-19(24)12-26-20(25)10-15-9-13-6-7-14(15)8-13/h13-15H,1-10,12H2,(H,23,24). The molecule has 0 aliphatic heterocycles. The average Bonchev–Trinajstić information content (AvgIpc) is 3.30. The molecule has 3 aliphatic rings. The first-order valence-corrected chi connectivity index (χ1v) is 11.0. The van der Waals surface area contributed by atoms with Crippen molar-refractivity contribution in [3.8, 4) is 6.07 Å². The number of anilines is 1. The van der Waals surface area contributed by atoms with Crippen molar-refractivity contribution in [3.05, 3.63) is 16.0 Å². The molecule has 0 aromatic carbocycles. The minimum Gasteiger partial charge on any atom is -0.456 e. The van der Waals surface area contributed by atoms with Gasteiger partial charge in [0.15, 0.2) is 6.61 Å². The third-order valence-electron chi connectivity index (χ3n) is 6.46. The number of esters is 1. The zero-order chi connectivity index (χ0) is 18.8. The Morgan fingerprint density at radius 2 is 2.04 bits per heavy atom. The summed E-state index contributed by atoms with van der Waals surface area (Å²) in [7, 11) is 0. The molecule has 5 nitrogen and oxygen atoms in total. The first kappa shape index (κ1) is 18.5. The van der Waals surface area contributed by atoms with Gasteiger partial charge >= 0.3 is 5.97 Å². The molecule has 2 saturated carbocycles. The van der Waals surface area contributed by atoms with Crippen LogP contribution in [0.4, 0.5) is 5.00 Å². The van der Waals surface area contributed by atoms with Gasteiger partial charge in [0, 0.05) is 11.3 Å². The lowest BCUT2D eigenvalue weighted by Gasteiger charge is -2.20. The molecule has 2 fully saturated rings. The summed E-state index contributed by atoms with van der Waals surface area (Å²) in [5.74, 6) is 1.29. The fourth-order valence-corrected chi connectivity index (χ4v) is 6.41. The largest absolute Gasteiger partial charge is 0.456 e. The van der Waals surface area contributed by atoms with Gasteiger partial charge in [0.2, 0.25) is 0 Å². The summed E-state index contributed by atoms with van der Waals surface area (Å²) in [5.41, 5.74) is 1.70. The number of rotatable bonds is 5. The molecule has 27 heavy (non-hydrogen) atoms. The molecule has 144 valence electrons. The second kappa shape index (κ2) is 8.02. The van der Waals surface area contributed by atoms with Crippen molar-refractivity contribution < 1.29 is 14.3 Å². The van der Waals surface area contributed by atoms with Crippen LogP contribution in [0.1, 0.15) is 67.4 Å². The summed E-state index contributed by atoms with van der Waals surface area (Å²) in [5, 5.41) is 12.9. The van der Waals surface area contributed by atoms with E-state index in [0.717, 1.165) is 43.6 Å². The molecule has 6 heteroatoms. The Hall–Kier alpha value is -1.87. The number of ether oxygens (including phenoxy) is 1. The fourth-order valence-electron chi connectivity index (χ4n) is 5.16. The van der Waals surface area contributed by atoms with Crippen LogP contribution in [0.2, 0.25) is 0 Å². The molecular weight excluding hydrogens is 360 g/mol. The second-order valence-electron chi connectivity index (χ2n) is 8.23. The van der Waals surface area contributed by atoms with E-state index in [1.165, 1.54) is 41.9 Å². The molecule has 0 saturated heterocycles. The van der Waals surface area contributed by atoms with Gasteiger partial charge in [-0.05, 0) is 68.3 Å². The fraction of sp³-hybridized carbons (Fsp3) is 0.667. The highest BCUT2D eigenvalue weighted by Gasteiger charge is 2.40. The Labute approximate surface area is 164 Å². The summed E-state index contributed by atoms with van der Waals surface area (Å²) >= 11 is 1.50. The third kappa shape index (κ3) is 4.03. The Morgan fingerprint density at radius 3 is 2.78 bits per heavy atom. The van der Waals surface area contributed by atoms with Crippen LogP contribution in [0.3, 0.4) is 0 Å². The Kier molecular flexibility index (Phi) is 5.49. The summed E-state index contributed by atoms with van der Waals surface area (Å²) in [6.07, 6.45) is 10.7. The van der Waals surface area contributed by atoms with E-state index in [1.807, 2.05) is 0 Å². The van der Waals surface area contributed by atoms with Crippen molar-refractivity contribution in [2.75, 3.05) is 11.9 Å². The molecule has 4 rings (SSSR count). The van der Waals surface area contributed by atoms with Gasteiger partial charge in [-0.1, -0.05) is 12.8 Å². The van der Waals surface area contributed by atoms with Crippen LogP contribution >= 0.6 is 11.3 Å². The number of nitrogens with zero attached hydrogens (tertiary/aromatic N) is 1. The van der Waals surface area contributed by atoms with Crippen LogP contribution < -0.4 is 5.32 Å². The quantitative estimate of drug-likeness (QED) is 0.608. The van der Waals surface area contributed by atoms with Crippen molar-refractivity contribution in [2.45, 2.75) is 64.2 Å². The van der Waals surface area contributed by atoms with E-state index in [9.17, 15) is 14.9 Å². The van der Waals surface area contributed by atoms with Crippen LogP contribution in [0, 0.1) is 29.1 Å². The number of hydrogen-bond acceptors (Lipinski definition) is 5. The minimum atomic E-state index is -0.357. The molecule has 1 amide bonds. The molecule has 1 N–H and O–H groups in total. The highest BCUT2D eigenvalue weighted by Crippen LogP contribution is 2.49. The first-order chi connectivity index (χ1) is 13.1. The normalized spacial score (nSPS) is 26.1. The van der Waals surface area contributed by atoms with E-state index in [4.69, 9.17) is 4.74 Å². The molecule has 1 aromatic rings. The summed E-state index contributed by atoms with van der Waals surface area (Å²) in [6, 6.07) is 2.25. The monoisotopic (exact) mass is 386 g/mol. The maximum atomic E-state index is 12.2. The van der Waals surface area contributed by atoms with Crippen molar-refractivity contribution in [1.29, 1.82) is 5.26 Å². The molecule has 1 heterocycles. The Morgan fingerprint density at radius 1 is 1.19 bits per heavy atom. The summed E-state index contributed by atoms with van der Waals surface area (Å²) in [6.45, 7) is -0.271. The first-order valence-electron chi connectivity index (χ1n) is 10.1. The lowest BCUT2D eigenvalue weighted by atomic mass is 9.86. The summed E-state index contributed by atoms with van der Waals surface area (Å²) in [4.78, 5) is 25.6. The molecule has 2 bridgehead atoms. The van der Waals surface area contributed by atoms with Gasteiger partial charge in [-0.15, -0.1) is 11.3 Å². The van der Waals surface area contributed by atoms with Crippen molar-refractivity contribution in [3.63, 3.8) is 0 Å². The van der Waals surface area contributed by atoms with E-state index in [1.54, 1.807) is 0 Å². The van der Waals surface area contributed by atoms with E-state index >= 15 is 0 Å². The minimum absolute atomic E-state index is 0.271. The summed E-state index contributed by atoms with van der Waals surface area (Å²) < 4.78 is 5.21. The van der Waals surface area contributed by atoms with Crippen LogP contribution in [0.15, 0.2) is 0 Å². The van der Waals surface area contributed by atoms with Gasteiger partial charge < -0.3 is 10.1 Å². The van der Waals surface area contributed by atoms with Gasteiger partial charge in [0.05, 0.1) is 5.56 Å². The molecule has 3 aliphatic carbocycles. The third-order valence-corrected chi connectivity index (χ3v) is 7.67. The zero-order valence-electron chi connectivity index (χ0n) is 15.6. The number of thiophene rings is 1.